The van der Waals surface area contributed by atoms with E-state index in [9.17, 15) is 9.90 Å². The van der Waals surface area contributed by atoms with Crippen molar-refractivity contribution in [2.75, 3.05) is 0 Å². The molecular weight excluding hydrogens is 204 g/mol. The molecule has 1 heterocycles. The molecular formula is C12H18N2O2. The number of aromatic nitrogens is 2. The van der Waals surface area contributed by atoms with Crippen molar-refractivity contribution in [1.82, 2.24) is 9.78 Å². The van der Waals surface area contributed by atoms with Crippen molar-refractivity contribution in [3.8, 4) is 0 Å². The van der Waals surface area contributed by atoms with Crippen molar-refractivity contribution < 1.29 is 9.90 Å². The predicted octanol–water partition coefficient (Wildman–Crippen LogP) is 2.20. The molecule has 1 saturated carbocycles. The van der Waals surface area contributed by atoms with Crippen LogP contribution in [0.15, 0.2) is 0 Å². The van der Waals surface area contributed by atoms with Gasteiger partial charge in [0.2, 0.25) is 0 Å². The van der Waals surface area contributed by atoms with Gasteiger partial charge in [-0.25, -0.2) is 0 Å². The van der Waals surface area contributed by atoms with Crippen LogP contribution in [0.3, 0.4) is 0 Å². The van der Waals surface area contributed by atoms with Crippen molar-refractivity contribution in [2.24, 2.45) is 0 Å². The van der Waals surface area contributed by atoms with Gasteiger partial charge < -0.3 is 5.11 Å². The molecule has 88 valence electrons. The SMILES string of the molecule is Cc1nn(C(C)C)c(C)c1C1(C(=O)O)CC1. The summed E-state index contributed by atoms with van der Waals surface area (Å²) in [6, 6.07) is 0.275. The van der Waals surface area contributed by atoms with E-state index in [-0.39, 0.29) is 6.04 Å². The summed E-state index contributed by atoms with van der Waals surface area (Å²) in [5.41, 5.74) is 2.17. The molecule has 0 amide bonds. The lowest BCUT2D eigenvalue weighted by Gasteiger charge is -2.12. The second kappa shape index (κ2) is 3.34. The summed E-state index contributed by atoms with van der Waals surface area (Å²) in [4.78, 5) is 11.3. The molecule has 1 N–H and O–H groups in total. The number of hydrogen-bond donors (Lipinski definition) is 1. The topological polar surface area (TPSA) is 55.1 Å². The van der Waals surface area contributed by atoms with Gasteiger partial charge in [-0.1, -0.05) is 0 Å². The Morgan fingerprint density at radius 2 is 2.00 bits per heavy atom. The summed E-state index contributed by atoms with van der Waals surface area (Å²) in [6.45, 7) is 8.00. The summed E-state index contributed by atoms with van der Waals surface area (Å²) in [6.07, 6.45) is 1.49. The summed E-state index contributed by atoms with van der Waals surface area (Å²) >= 11 is 0. The lowest BCUT2D eigenvalue weighted by molar-refractivity contribution is -0.140. The zero-order valence-corrected chi connectivity index (χ0v) is 10.2. The Kier molecular flexibility index (Phi) is 2.33. The Morgan fingerprint density at radius 1 is 1.44 bits per heavy atom. The van der Waals surface area contributed by atoms with Crippen molar-refractivity contribution in [2.45, 2.75) is 52.0 Å². The summed E-state index contributed by atoms with van der Waals surface area (Å²) in [5, 5.41) is 13.8. The highest BCUT2D eigenvalue weighted by atomic mass is 16.4. The highest BCUT2D eigenvalue weighted by Crippen LogP contribution is 2.50. The fourth-order valence-electron chi connectivity index (χ4n) is 2.55. The standard InChI is InChI=1S/C12H18N2O2/c1-7(2)14-9(4)10(8(3)13-14)12(5-6-12)11(15)16/h7H,5-6H2,1-4H3,(H,15,16). The Labute approximate surface area is 95.3 Å². The molecule has 4 nitrogen and oxygen atoms in total. The van der Waals surface area contributed by atoms with E-state index in [1.807, 2.05) is 18.5 Å². The molecule has 16 heavy (non-hydrogen) atoms. The second-order valence-corrected chi connectivity index (χ2v) is 4.97. The summed E-state index contributed by atoms with van der Waals surface area (Å²) in [5.74, 6) is -0.706. The van der Waals surface area contributed by atoms with E-state index in [1.54, 1.807) is 0 Å². The molecule has 1 aromatic heterocycles. The van der Waals surface area contributed by atoms with Crippen molar-refractivity contribution in [1.29, 1.82) is 0 Å². The van der Waals surface area contributed by atoms with Gasteiger partial charge in [0.05, 0.1) is 11.1 Å². The van der Waals surface area contributed by atoms with Crippen LogP contribution in [-0.4, -0.2) is 20.9 Å². The lowest BCUT2D eigenvalue weighted by Crippen LogP contribution is -2.21. The molecule has 0 unspecified atom stereocenters. The minimum Gasteiger partial charge on any atom is -0.481 e. The average Bonchev–Trinajstić information content (AvgIpc) is 2.90. The number of aryl methyl sites for hydroxylation is 1. The van der Waals surface area contributed by atoms with Gasteiger partial charge >= 0.3 is 5.97 Å². The van der Waals surface area contributed by atoms with Crippen LogP contribution < -0.4 is 0 Å². The molecule has 0 atom stereocenters. The molecule has 0 radical (unpaired) electrons. The smallest absolute Gasteiger partial charge is 0.314 e. The van der Waals surface area contributed by atoms with E-state index in [1.165, 1.54) is 0 Å². The van der Waals surface area contributed by atoms with Crippen molar-refractivity contribution in [3.63, 3.8) is 0 Å². The van der Waals surface area contributed by atoms with Crippen molar-refractivity contribution >= 4 is 5.97 Å². The van der Waals surface area contributed by atoms with Crippen LogP contribution in [0.4, 0.5) is 0 Å². The van der Waals surface area contributed by atoms with Gasteiger partial charge in [0.15, 0.2) is 0 Å². The van der Waals surface area contributed by atoms with E-state index >= 15 is 0 Å². The van der Waals surface area contributed by atoms with Crippen molar-refractivity contribution in [3.05, 3.63) is 17.0 Å². The Morgan fingerprint density at radius 3 is 2.31 bits per heavy atom. The number of carboxylic acid groups (broad SMARTS) is 1. The first-order valence-electron chi connectivity index (χ1n) is 5.69. The molecule has 0 aromatic carbocycles. The van der Waals surface area contributed by atoms with E-state index in [2.05, 4.69) is 18.9 Å². The van der Waals surface area contributed by atoms with Crippen LogP contribution in [0.5, 0.6) is 0 Å². The van der Waals surface area contributed by atoms with E-state index in [0.717, 1.165) is 29.8 Å². The maximum absolute atomic E-state index is 11.3. The van der Waals surface area contributed by atoms with Crippen LogP contribution in [0.25, 0.3) is 0 Å². The zero-order valence-electron chi connectivity index (χ0n) is 10.2. The van der Waals surface area contributed by atoms with Crippen LogP contribution in [0.1, 0.15) is 49.7 Å². The van der Waals surface area contributed by atoms with Crippen LogP contribution in [0, 0.1) is 13.8 Å². The number of carboxylic acids is 1. The molecule has 4 heteroatoms. The van der Waals surface area contributed by atoms with E-state index < -0.39 is 11.4 Å². The van der Waals surface area contributed by atoms with Gasteiger partial charge in [0.1, 0.15) is 0 Å². The fraction of sp³-hybridized carbons (Fsp3) is 0.667. The number of aliphatic carboxylic acids is 1. The predicted molar refractivity (Wildman–Crippen MR) is 60.6 cm³/mol. The largest absolute Gasteiger partial charge is 0.481 e. The summed E-state index contributed by atoms with van der Waals surface area (Å²) in [7, 11) is 0. The minimum atomic E-state index is -0.706. The van der Waals surface area contributed by atoms with Gasteiger partial charge in [-0.15, -0.1) is 0 Å². The van der Waals surface area contributed by atoms with Crippen LogP contribution >= 0.6 is 0 Å². The van der Waals surface area contributed by atoms with Gasteiger partial charge in [-0.05, 0) is 40.5 Å². The molecule has 1 aliphatic carbocycles. The first-order chi connectivity index (χ1) is 7.40. The number of rotatable bonds is 3. The van der Waals surface area contributed by atoms with Gasteiger partial charge in [0.25, 0.3) is 0 Å². The lowest BCUT2D eigenvalue weighted by atomic mass is 9.94. The maximum atomic E-state index is 11.3. The highest BCUT2D eigenvalue weighted by molar-refractivity contribution is 5.85. The first-order valence-corrected chi connectivity index (χ1v) is 5.69. The zero-order chi connectivity index (χ0) is 12.1. The third-order valence-corrected chi connectivity index (χ3v) is 3.45. The van der Waals surface area contributed by atoms with Crippen LogP contribution in [-0.2, 0) is 10.2 Å². The normalized spacial score (nSPS) is 17.8. The van der Waals surface area contributed by atoms with Gasteiger partial charge in [0, 0.05) is 17.3 Å². The first kappa shape index (κ1) is 11.2. The second-order valence-electron chi connectivity index (χ2n) is 4.97. The molecule has 0 aliphatic heterocycles. The molecule has 1 aliphatic rings. The molecule has 0 bridgehead atoms. The average molecular weight is 222 g/mol. The number of hydrogen-bond acceptors (Lipinski definition) is 2. The molecule has 2 rings (SSSR count). The van der Waals surface area contributed by atoms with E-state index in [4.69, 9.17) is 0 Å². The molecule has 1 aromatic rings. The monoisotopic (exact) mass is 222 g/mol. The summed E-state index contributed by atoms with van der Waals surface area (Å²) < 4.78 is 1.92. The quantitative estimate of drug-likeness (QED) is 0.853. The molecule has 0 saturated heterocycles. The minimum absolute atomic E-state index is 0.275. The molecule has 0 spiro atoms. The van der Waals surface area contributed by atoms with Gasteiger partial charge in [-0.3, -0.25) is 9.48 Å². The Balaban J connectivity index is 2.54. The third kappa shape index (κ3) is 1.36. The Hall–Kier alpha value is -1.32. The van der Waals surface area contributed by atoms with E-state index in [0.29, 0.717) is 0 Å². The number of nitrogens with zero attached hydrogens (tertiary/aromatic N) is 2. The fourth-order valence-corrected chi connectivity index (χ4v) is 2.55. The van der Waals surface area contributed by atoms with Gasteiger partial charge in [-0.2, -0.15) is 5.10 Å². The maximum Gasteiger partial charge on any atom is 0.314 e. The third-order valence-electron chi connectivity index (χ3n) is 3.45. The molecule has 1 fully saturated rings. The highest BCUT2D eigenvalue weighted by Gasteiger charge is 2.54. The number of carbonyl (C=O) groups is 1. The Bertz CT molecular complexity index is 442. The van der Waals surface area contributed by atoms with Crippen LogP contribution in [0.2, 0.25) is 0 Å².